The molecule has 1 aromatic rings. The van der Waals surface area contributed by atoms with E-state index in [0.717, 1.165) is 5.56 Å². The Kier molecular flexibility index (Phi) is 6.68. The fraction of sp³-hybridized carbons (Fsp3) is 0.562. The van der Waals surface area contributed by atoms with Gasteiger partial charge in [0.2, 0.25) is 0 Å². The number of hydrogen-bond donors (Lipinski definition) is 1. The molecule has 0 fully saturated rings. The molecule has 0 aliphatic heterocycles. The van der Waals surface area contributed by atoms with Gasteiger partial charge in [0.25, 0.3) is 0 Å². The molecule has 0 aromatic heterocycles. The first-order valence-corrected chi connectivity index (χ1v) is 6.98. The van der Waals surface area contributed by atoms with Gasteiger partial charge < -0.3 is 15.2 Å². The highest BCUT2D eigenvalue weighted by molar-refractivity contribution is 5.69. The first-order valence-electron chi connectivity index (χ1n) is 6.98. The average Bonchev–Trinajstić information content (AvgIpc) is 2.41. The van der Waals surface area contributed by atoms with Gasteiger partial charge in [-0.15, -0.1) is 0 Å². The van der Waals surface area contributed by atoms with Gasteiger partial charge in [0.05, 0.1) is 12.2 Å². The number of esters is 1. The number of rotatable bonds is 7. The lowest BCUT2D eigenvalue weighted by Crippen LogP contribution is -2.23. The molecular weight excluding hydrogens is 254 g/mol. The van der Waals surface area contributed by atoms with Crippen molar-refractivity contribution in [3.8, 4) is 0 Å². The highest BCUT2D eigenvalue weighted by Gasteiger charge is 2.12. The minimum Gasteiger partial charge on any atom is -0.463 e. The van der Waals surface area contributed by atoms with Gasteiger partial charge in [0.1, 0.15) is 6.61 Å². The number of benzene rings is 1. The predicted molar refractivity (Wildman–Crippen MR) is 79.3 cm³/mol. The van der Waals surface area contributed by atoms with Gasteiger partial charge in [-0.05, 0) is 32.8 Å². The average molecular weight is 279 g/mol. The molecule has 0 spiro atoms. The van der Waals surface area contributed by atoms with E-state index in [1.54, 1.807) is 0 Å². The van der Waals surface area contributed by atoms with Gasteiger partial charge in [-0.1, -0.05) is 30.3 Å². The molecule has 0 aliphatic rings. The first kappa shape index (κ1) is 16.7. The zero-order chi connectivity index (χ0) is 15.0. The summed E-state index contributed by atoms with van der Waals surface area (Å²) in [6, 6.07) is 9.63. The second kappa shape index (κ2) is 8.02. The molecule has 20 heavy (non-hydrogen) atoms. The predicted octanol–water partition coefficient (Wildman–Crippen LogP) is 2.82. The van der Waals surface area contributed by atoms with Crippen molar-refractivity contribution in [3.63, 3.8) is 0 Å². The van der Waals surface area contributed by atoms with E-state index in [4.69, 9.17) is 15.2 Å². The third-order valence-electron chi connectivity index (χ3n) is 2.77. The minimum absolute atomic E-state index is 0.130. The van der Waals surface area contributed by atoms with Crippen molar-refractivity contribution in [1.82, 2.24) is 0 Å². The molecular formula is C16H25NO3. The number of nitrogens with two attached hydrogens (primary N) is 1. The van der Waals surface area contributed by atoms with E-state index in [9.17, 15) is 4.79 Å². The summed E-state index contributed by atoms with van der Waals surface area (Å²) in [5.74, 6) is -0.228. The fourth-order valence-corrected chi connectivity index (χ4v) is 1.72. The maximum absolute atomic E-state index is 11.6. The Morgan fingerprint density at radius 3 is 2.45 bits per heavy atom. The van der Waals surface area contributed by atoms with Crippen molar-refractivity contribution in [1.29, 1.82) is 0 Å². The Hall–Kier alpha value is -1.39. The van der Waals surface area contributed by atoms with Crippen LogP contribution in [0.2, 0.25) is 0 Å². The Labute approximate surface area is 121 Å². The lowest BCUT2D eigenvalue weighted by Gasteiger charge is -2.19. The van der Waals surface area contributed by atoms with E-state index in [-0.39, 0.29) is 24.2 Å². The van der Waals surface area contributed by atoms with Crippen LogP contribution in [0.4, 0.5) is 0 Å². The van der Waals surface area contributed by atoms with Crippen LogP contribution in [0, 0.1) is 0 Å². The van der Waals surface area contributed by atoms with Gasteiger partial charge in [0.15, 0.2) is 0 Å². The lowest BCUT2D eigenvalue weighted by molar-refractivity contribution is -0.147. The largest absolute Gasteiger partial charge is 0.463 e. The highest BCUT2D eigenvalue weighted by atomic mass is 16.6. The molecule has 1 rings (SSSR count). The molecule has 0 amide bonds. The van der Waals surface area contributed by atoms with Crippen molar-refractivity contribution >= 4 is 5.97 Å². The molecule has 1 unspecified atom stereocenters. The zero-order valence-corrected chi connectivity index (χ0v) is 12.6. The van der Waals surface area contributed by atoms with Crippen molar-refractivity contribution in [3.05, 3.63) is 35.9 Å². The van der Waals surface area contributed by atoms with Crippen LogP contribution in [0.15, 0.2) is 30.3 Å². The van der Waals surface area contributed by atoms with Crippen LogP contribution < -0.4 is 5.73 Å². The van der Waals surface area contributed by atoms with E-state index >= 15 is 0 Å². The molecule has 0 radical (unpaired) electrons. The number of ether oxygens (including phenoxy) is 2. The molecule has 4 heteroatoms. The SMILES string of the molecule is CC(C)(C)OCCOC(=O)CCC(N)c1ccccc1. The molecule has 0 saturated heterocycles. The van der Waals surface area contributed by atoms with Crippen molar-refractivity contribution in [2.45, 2.75) is 45.3 Å². The molecule has 0 saturated carbocycles. The number of hydrogen-bond acceptors (Lipinski definition) is 4. The Balaban J connectivity index is 2.17. The summed E-state index contributed by atoms with van der Waals surface area (Å²) >= 11 is 0. The van der Waals surface area contributed by atoms with E-state index in [1.165, 1.54) is 0 Å². The monoisotopic (exact) mass is 279 g/mol. The summed E-state index contributed by atoms with van der Waals surface area (Å²) in [6.45, 7) is 6.60. The maximum atomic E-state index is 11.6. The zero-order valence-electron chi connectivity index (χ0n) is 12.6. The summed E-state index contributed by atoms with van der Waals surface area (Å²) in [4.78, 5) is 11.6. The molecule has 1 atom stereocenters. The van der Waals surface area contributed by atoms with Gasteiger partial charge in [-0.25, -0.2) is 0 Å². The summed E-state index contributed by atoms with van der Waals surface area (Å²) in [6.07, 6.45) is 0.911. The van der Waals surface area contributed by atoms with Crippen LogP contribution in [0.3, 0.4) is 0 Å². The summed E-state index contributed by atoms with van der Waals surface area (Å²) < 4.78 is 10.6. The number of carbonyl (C=O) groups excluding carboxylic acids is 1. The maximum Gasteiger partial charge on any atom is 0.305 e. The summed E-state index contributed by atoms with van der Waals surface area (Å²) in [5, 5.41) is 0. The van der Waals surface area contributed by atoms with E-state index in [2.05, 4.69) is 0 Å². The topological polar surface area (TPSA) is 61.5 Å². The Bertz CT molecular complexity index is 398. The first-order chi connectivity index (χ1) is 9.38. The molecule has 0 heterocycles. The van der Waals surface area contributed by atoms with Crippen molar-refractivity contribution in [2.75, 3.05) is 13.2 Å². The molecule has 4 nitrogen and oxygen atoms in total. The Morgan fingerprint density at radius 1 is 1.20 bits per heavy atom. The molecule has 0 aliphatic carbocycles. The third kappa shape index (κ3) is 7.26. The van der Waals surface area contributed by atoms with Crippen LogP contribution in [0.5, 0.6) is 0 Å². The second-order valence-electron chi connectivity index (χ2n) is 5.74. The Morgan fingerprint density at radius 2 is 1.85 bits per heavy atom. The van der Waals surface area contributed by atoms with Crippen LogP contribution >= 0.6 is 0 Å². The van der Waals surface area contributed by atoms with E-state index < -0.39 is 0 Å². The van der Waals surface area contributed by atoms with E-state index in [1.807, 2.05) is 51.1 Å². The van der Waals surface area contributed by atoms with Crippen molar-refractivity contribution in [2.24, 2.45) is 5.73 Å². The summed E-state index contributed by atoms with van der Waals surface area (Å²) in [7, 11) is 0. The molecule has 0 bridgehead atoms. The number of carbonyl (C=O) groups is 1. The highest BCUT2D eigenvalue weighted by Crippen LogP contribution is 2.15. The van der Waals surface area contributed by atoms with Crippen LogP contribution in [0.1, 0.15) is 45.2 Å². The van der Waals surface area contributed by atoms with Crippen LogP contribution in [0.25, 0.3) is 0 Å². The third-order valence-corrected chi connectivity index (χ3v) is 2.77. The normalized spacial score (nSPS) is 13.0. The van der Waals surface area contributed by atoms with Gasteiger partial charge in [-0.2, -0.15) is 0 Å². The molecule has 2 N–H and O–H groups in total. The van der Waals surface area contributed by atoms with Gasteiger partial charge >= 0.3 is 5.97 Å². The molecule has 112 valence electrons. The fourth-order valence-electron chi connectivity index (χ4n) is 1.72. The van der Waals surface area contributed by atoms with Gasteiger partial charge in [-0.3, -0.25) is 4.79 Å². The van der Waals surface area contributed by atoms with Crippen LogP contribution in [-0.4, -0.2) is 24.8 Å². The van der Waals surface area contributed by atoms with Crippen LogP contribution in [-0.2, 0) is 14.3 Å². The standard InChI is InChI=1S/C16H25NO3/c1-16(2,3)20-12-11-19-15(18)10-9-14(17)13-7-5-4-6-8-13/h4-8,14H,9-12,17H2,1-3H3. The summed E-state index contributed by atoms with van der Waals surface area (Å²) in [5.41, 5.74) is 6.85. The lowest BCUT2D eigenvalue weighted by atomic mass is 10.0. The van der Waals surface area contributed by atoms with Gasteiger partial charge in [0, 0.05) is 12.5 Å². The molecule has 1 aromatic carbocycles. The second-order valence-corrected chi connectivity index (χ2v) is 5.74. The minimum atomic E-state index is -0.228. The quantitative estimate of drug-likeness (QED) is 0.616. The smallest absolute Gasteiger partial charge is 0.305 e. The van der Waals surface area contributed by atoms with Crippen molar-refractivity contribution < 1.29 is 14.3 Å². The van der Waals surface area contributed by atoms with E-state index in [0.29, 0.717) is 19.4 Å².